The molecule has 3 N–H and O–H groups in total. The van der Waals surface area contributed by atoms with Crippen LogP contribution in [0, 0.1) is 0 Å². The summed E-state index contributed by atoms with van der Waals surface area (Å²) in [7, 11) is 0. The molecule has 0 atom stereocenters. The van der Waals surface area contributed by atoms with Crippen molar-refractivity contribution in [3.05, 3.63) is 75.1 Å². The third-order valence-electron chi connectivity index (χ3n) is 3.20. The minimum Gasteiger partial charge on any atom is -0.439 e. The number of pyridine rings is 1. The number of nitrogens with zero attached hydrogens (tertiary/aromatic N) is 1. The fourth-order valence-corrected chi connectivity index (χ4v) is 2.70. The molecule has 2 aromatic heterocycles. The number of benzene rings is 1. The van der Waals surface area contributed by atoms with E-state index in [1.54, 1.807) is 36.5 Å². The lowest BCUT2D eigenvalue weighted by Crippen LogP contribution is -2.41. The Hall–Kier alpha value is -2.65. The van der Waals surface area contributed by atoms with Gasteiger partial charge in [0.15, 0.2) is 0 Å². The SMILES string of the molecule is O=C(NNC(=O)c1cc(Br)c[nH]1)c1ccc(Oc2cccc(Br)c2)nc1. The van der Waals surface area contributed by atoms with Gasteiger partial charge < -0.3 is 9.72 Å². The van der Waals surface area contributed by atoms with Crippen LogP contribution in [-0.4, -0.2) is 21.8 Å². The summed E-state index contributed by atoms with van der Waals surface area (Å²) >= 11 is 6.59. The maximum absolute atomic E-state index is 12.1. The van der Waals surface area contributed by atoms with Gasteiger partial charge in [0.25, 0.3) is 11.8 Å². The monoisotopic (exact) mass is 478 g/mol. The van der Waals surface area contributed by atoms with E-state index >= 15 is 0 Å². The van der Waals surface area contributed by atoms with Crippen molar-refractivity contribution in [3.63, 3.8) is 0 Å². The molecule has 7 nitrogen and oxygen atoms in total. The predicted octanol–water partition coefficient (Wildman–Crippen LogP) is 3.80. The summed E-state index contributed by atoms with van der Waals surface area (Å²) < 4.78 is 7.22. The standard InChI is InChI=1S/C17H12Br2N4O3/c18-11-2-1-3-13(6-11)26-15-5-4-10(8-21-15)16(24)22-23-17(25)14-7-12(19)9-20-14/h1-9,20H,(H,22,24)(H,23,25). The van der Waals surface area contributed by atoms with Crippen LogP contribution in [0.15, 0.2) is 63.8 Å². The van der Waals surface area contributed by atoms with Gasteiger partial charge in [0.05, 0.1) is 5.56 Å². The molecule has 26 heavy (non-hydrogen) atoms. The van der Waals surface area contributed by atoms with E-state index in [1.807, 2.05) is 12.1 Å². The first-order chi connectivity index (χ1) is 12.5. The summed E-state index contributed by atoms with van der Waals surface area (Å²) in [5, 5.41) is 0. The van der Waals surface area contributed by atoms with E-state index in [-0.39, 0.29) is 5.56 Å². The summed E-state index contributed by atoms with van der Waals surface area (Å²) in [6.45, 7) is 0. The molecule has 0 spiro atoms. The Labute approximate surface area is 165 Å². The number of aromatic nitrogens is 2. The number of H-pyrrole nitrogens is 1. The summed E-state index contributed by atoms with van der Waals surface area (Å²) in [6, 6.07) is 12.0. The highest BCUT2D eigenvalue weighted by atomic mass is 79.9. The van der Waals surface area contributed by atoms with Gasteiger partial charge in [0.1, 0.15) is 11.4 Å². The van der Waals surface area contributed by atoms with Gasteiger partial charge in [0.2, 0.25) is 5.88 Å². The third-order valence-corrected chi connectivity index (χ3v) is 4.15. The zero-order valence-electron chi connectivity index (χ0n) is 13.1. The van der Waals surface area contributed by atoms with Gasteiger partial charge >= 0.3 is 0 Å². The number of carbonyl (C=O) groups excluding carboxylic acids is 2. The molecule has 0 aliphatic carbocycles. The second-order valence-corrected chi connectivity index (χ2v) is 6.92. The molecule has 9 heteroatoms. The summed E-state index contributed by atoms with van der Waals surface area (Å²) in [5.74, 6) is 0.00506. The highest BCUT2D eigenvalue weighted by Gasteiger charge is 2.11. The Morgan fingerprint density at radius 3 is 2.46 bits per heavy atom. The van der Waals surface area contributed by atoms with E-state index < -0.39 is 11.8 Å². The number of aromatic amines is 1. The van der Waals surface area contributed by atoms with Crippen LogP contribution < -0.4 is 15.6 Å². The molecular formula is C17H12Br2N4O3. The van der Waals surface area contributed by atoms with Crippen molar-refractivity contribution in [2.45, 2.75) is 0 Å². The molecule has 3 aromatic rings. The molecule has 0 saturated carbocycles. The molecule has 0 aliphatic rings. The molecule has 132 valence electrons. The molecule has 2 amide bonds. The fraction of sp³-hybridized carbons (Fsp3) is 0. The van der Waals surface area contributed by atoms with Crippen molar-refractivity contribution in [2.75, 3.05) is 0 Å². The van der Waals surface area contributed by atoms with Crippen LogP contribution in [0.1, 0.15) is 20.8 Å². The number of hydrogen-bond acceptors (Lipinski definition) is 4. The number of hydrazine groups is 1. The number of amides is 2. The van der Waals surface area contributed by atoms with Crippen molar-refractivity contribution in [2.24, 2.45) is 0 Å². The van der Waals surface area contributed by atoms with Crippen LogP contribution in [0.3, 0.4) is 0 Å². The normalized spacial score (nSPS) is 10.2. The molecule has 2 heterocycles. The predicted molar refractivity (Wildman–Crippen MR) is 102 cm³/mol. The number of halogens is 2. The second kappa shape index (κ2) is 8.15. The van der Waals surface area contributed by atoms with Crippen LogP contribution in [-0.2, 0) is 0 Å². The second-order valence-electron chi connectivity index (χ2n) is 5.08. The van der Waals surface area contributed by atoms with Gasteiger partial charge in [-0.15, -0.1) is 0 Å². The van der Waals surface area contributed by atoms with E-state index in [0.29, 0.717) is 17.3 Å². The highest BCUT2D eigenvalue weighted by Crippen LogP contribution is 2.22. The minimum atomic E-state index is -0.495. The van der Waals surface area contributed by atoms with Crippen LogP contribution >= 0.6 is 31.9 Å². The van der Waals surface area contributed by atoms with Crippen LogP contribution in [0.4, 0.5) is 0 Å². The van der Waals surface area contributed by atoms with Gasteiger partial charge in [-0.2, -0.15) is 0 Å². The summed E-state index contributed by atoms with van der Waals surface area (Å²) in [5.41, 5.74) is 5.23. The number of nitrogens with one attached hydrogen (secondary N) is 3. The fourth-order valence-electron chi connectivity index (χ4n) is 1.98. The Morgan fingerprint density at radius 1 is 1.00 bits per heavy atom. The Balaban J connectivity index is 1.57. The van der Waals surface area contributed by atoms with Gasteiger partial charge in [0, 0.05) is 27.4 Å². The van der Waals surface area contributed by atoms with Crippen LogP contribution in [0.2, 0.25) is 0 Å². The Kier molecular flexibility index (Phi) is 5.69. The quantitative estimate of drug-likeness (QED) is 0.496. The lowest BCUT2D eigenvalue weighted by Gasteiger charge is -2.08. The molecule has 0 saturated heterocycles. The minimum absolute atomic E-state index is 0.277. The number of carbonyl (C=O) groups is 2. The van der Waals surface area contributed by atoms with E-state index in [0.717, 1.165) is 8.95 Å². The Bertz CT molecular complexity index is 941. The summed E-state index contributed by atoms with van der Waals surface area (Å²) in [4.78, 5) is 30.8. The lowest BCUT2D eigenvalue weighted by molar-refractivity contribution is 0.0844. The topological polar surface area (TPSA) is 96.1 Å². The first-order valence-electron chi connectivity index (χ1n) is 7.35. The molecule has 0 radical (unpaired) electrons. The third kappa shape index (κ3) is 4.70. The Morgan fingerprint density at radius 2 is 1.81 bits per heavy atom. The molecule has 0 fully saturated rings. The smallest absolute Gasteiger partial charge is 0.286 e. The van der Waals surface area contributed by atoms with Crippen molar-refractivity contribution >= 4 is 43.7 Å². The van der Waals surface area contributed by atoms with Crippen molar-refractivity contribution in [3.8, 4) is 11.6 Å². The maximum atomic E-state index is 12.1. The maximum Gasteiger partial charge on any atom is 0.286 e. The highest BCUT2D eigenvalue weighted by molar-refractivity contribution is 9.10. The number of hydrogen-bond donors (Lipinski definition) is 3. The van der Waals surface area contributed by atoms with Crippen molar-refractivity contribution < 1.29 is 14.3 Å². The van der Waals surface area contributed by atoms with Gasteiger partial charge in [-0.1, -0.05) is 22.0 Å². The average Bonchev–Trinajstić information content (AvgIpc) is 3.06. The van der Waals surface area contributed by atoms with Gasteiger partial charge in [-0.05, 0) is 46.3 Å². The number of ether oxygens (including phenoxy) is 1. The van der Waals surface area contributed by atoms with Gasteiger partial charge in [-0.3, -0.25) is 20.4 Å². The summed E-state index contributed by atoms with van der Waals surface area (Å²) in [6.07, 6.45) is 2.98. The molecule has 0 aliphatic heterocycles. The molecule has 3 rings (SSSR count). The number of rotatable bonds is 4. The van der Waals surface area contributed by atoms with E-state index in [4.69, 9.17) is 4.74 Å². The van der Waals surface area contributed by atoms with Gasteiger partial charge in [-0.25, -0.2) is 4.98 Å². The van der Waals surface area contributed by atoms with Crippen molar-refractivity contribution in [1.29, 1.82) is 0 Å². The molecular weight excluding hydrogens is 468 g/mol. The average molecular weight is 480 g/mol. The van der Waals surface area contributed by atoms with Crippen LogP contribution in [0.25, 0.3) is 0 Å². The first kappa shape index (κ1) is 18.2. The zero-order valence-corrected chi connectivity index (χ0v) is 16.3. The van der Waals surface area contributed by atoms with E-state index in [9.17, 15) is 9.59 Å². The first-order valence-corrected chi connectivity index (χ1v) is 8.94. The van der Waals surface area contributed by atoms with Crippen LogP contribution in [0.5, 0.6) is 11.6 Å². The molecule has 1 aromatic carbocycles. The molecule has 0 unspecified atom stereocenters. The van der Waals surface area contributed by atoms with Crippen molar-refractivity contribution in [1.82, 2.24) is 20.8 Å². The lowest BCUT2D eigenvalue weighted by atomic mass is 10.3. The van der Waals surface area contributed by atoms with E-state index in [1.165, 1.54) is 6.20 Å². The molecule has 0 bridgehead atoms. The largest absolute Gasteiger partial charge is 0.439 e. The zero-order chi connectivity index (χ0) is 18.5. The van der Waals surface area contributed by atoms with E-state index in [2.05, 4.69) is 52.7 Å².